The number of hydrogen-bond acceptors (Lipinski definition) is 1. The summed E-state index contributed by atoms with van der Waals surface area (Å²) in [5.74, 6) is -1.63. The second-order valence-corrected chi connectivity index (χ2v) is 4.81. The van der Waals surface area contributed by atoms with E-state index in [2.05, 4.69) is 0 Å². The molecular weight excluding hydrogens is 246 g/mol. The molecule has 18 heavy (non-hydrogen) atoms. The topological polar surface area (TPSA) is 3.24 Å². The maximum absolute atomic E-state index is 12.8. The largest absolute Gasteiger partial charge is 0.391 e. The minimum Gasteiger partial charge on any atom is -0.299 e. The Morgan fingerprint density at radius 1 is 1.17 bits per heavy atom. The van der Waals surface area contributed by atoms with Gasteiger partial charge >= 0.3 is 6.18 Å². The molecule has 0 aliphatic carbocycles. The lowest BCUT2D eigenvalue weighted by Gasteiger charge is -2.38. The van der Waals surface area contributed by atoms with Gasteiger partial charge in [0.15, 0.2) is 0 Å². The molecule has 0 aromatic heterocycles. The SMILES string of the molecule is CN1CC[C@H](C(F)(F)F)C[C@@H]1c1ccc(F)cc1. The Morgan fingerprint density at radius 2 is 1.78 bits per heavy atom. The van der Waals surface area contributed by atoms with Gasteiger partial charge in [-0.1, -0.05) is 12.1 Å². The summed E-state index contributed by atoms with van der Waals surface area (Å²) < 4.78 is 51.1. The molecule has 0 amide bonds. The maximum Gasteiger partial charge on any atom is 0.391 e. The van der Waals surface area contributed by atoms with Crippen molar-refractivity contribution in [3.63, 3.8) is 0 Å². The second-order valence-electron chi connectivity index (χ2n) is 4.81. The smallest absolute Gasteiger partial charge is 0.299 e. The molecule has 2 rings (SSSR count). The van der Waals surface area contributed by atoms with Gasteiger partial charge in [-0.3, -0.25) is 4.90 Å². The zero-order valence-corrected chi connectivity index (χ0v) is 10.0. The first-order valence-corrected chi connectivity index (χ1v) is 5.90. The van der Waals surface area contributed by atoms with Crippen LogP contribution in [0.5, 0.6) is 0 Å². The third-order valence-corrected chi connectivity index (χ3v) is 3.59. The summed E-state index contributed by atoms with van der Waals surface area (Å²) in [6.45, 7) is 0.409. The summed E-state index contributed by atoms with van der Waals surface area (Å²) in [5.41, 5.74) is 0.743. The molecule has 0 radical (unpaired) electrons. The molecular formula is C13H15F4N. The van der Waals surface area contributed by atoms with Gasteiger partial charge in [0.25, 0.3) is 0 Å². The third kappa shape index (κ3) is 2.83. The van der Waals surface area contributed by atoms with Crippen LogP contribution in [0.25, 0.3) is 0 Å². The number of hydrogen-bond donors (Lipinski definition) is 0. The van der Waals surface area contributed by atoms with Gasteiger partial charge in [-0.2, -0.15) is 13.2 Å². The van der Waals surface area contributed by atoms with Crippen LogP contribution in [0.1, 0.15) is 24.4 Å². The Balaban J connectivity index is 2.17. The minimum absolute atomic E-state index is 0.0473. The molecule has 1 aromatic rings. The Bertz CT molecular complexity index is 398. The lowest BCUT2D eigenvalue weighted by molar-refractivity contribution is -0.189. The van der Waals surface area contributed by atoms with Gasteiger partial charge in [-0.25, -0.2) is 4.39 Å². The average Bonchev–Trinajstić information content (AvgIpc) is 2.29. The lowest BCUT2D eigenvalue weighted by atomic mass is 9.87. The van der Waals surface area contributed by atoms with Crippen molar-refractivity contribution in [3.05, 3.63) is 35.6 Å². The summed E-state index contributed by atoms with van der Waals surface area (Å²) >= 11 is 0. The van der Waals surface area contributed by atoms with Crippen LogP contribution in [0.4, 0.5) is 17.6 Å². The highest BCUT2D eigenvalue weighted by molar-refractivity contribution is 5.20. The van der Waals surface area contributed by atoms with Crippen LogP contribution in [0.15, 0.2) is 24.3 Å². The van der Waals surface area contributed by atoms with Crippen LogP contribution in [0.2, 0.25) is 0 Å². The van der Waals surface area contributed by atoms with Crippen LogP contribution in [0.3, 0.4) is 0 Å². The summed E-state index contributed by atoms with van der Waals surface area (Å²) in [5, 5.41) is 0. The predicted octanol–water partition coefficient (Wildman–Crippen LogP) is 3.77. The van der Waals surface area contributed by atoms with E-state index in [9.17, 15) is 17.6 Å². The highest BCUT2D eigenvalue weighted by atomic mass is 19.4. The number of nitrogens with zero attached hydrogens (tertiary/aromatic N) is 1. The van der Waals surface area contributed by atoms with Crippen molar-refractivity contribution in [1.82, 2.24) is 4.90 Å². The molecule has 100 valence electrons. The van der Waals surface area contributed by atoms with Gasteiger partial charge in [0.05, 0.1) is 5.92 Å². The molecule has 1 nitrogen and oxygen atoms in total. The molecule has 1 heterocycles. The first-order chi connectivity index (χ1) is 8.38. The Kier molecular flexibility index (Phi) is 3.61. The Hall–Kier alpha value is -1.10. The first-order valence-electron chi connectivity index (χ1n) is 5.90. The van der Waals surface area contributed by atoms with E-state index in [1.54, 1.807) is 19.2 Å². The fourth-order valence-corrected chi connectivity index (χ4v) is 2.46. The molecule has 1 fully saturated rings. The summed E-state index contributed by atoms with van der Waals surface area (Å²) in [7, 11) is 1.81. The number of alkyl halides is 3. The normalized spacial score (nSPS) is 26.3. The van der Waals surface area contributed by atoms with Gasteiger partial charge in [0.1, 0.15) is 5.82 Å². The van der Waals surface area contributed by atoms with Crippen molar-refractivity contribution in [2.75, 3.05) is 13.6 Å². The molecule has 0 saturated carbocycles. The van der Waals surface area contributed by atoms with Gasteiger partial charge in [-0.05, 0) is 44.1 Å². The van der Waals surface area contributed by atoms with Gasteiger partial charge in [-0.15, -0.1) is 0 Å². The van der Waals surface area contributed by atoms with Crippen molar-refractivity contribution in [2.24, 2.45) is 5.92 Å². The van der Waals surface area contributed by atoms with E-state index in [0.717, 1.165) is 5.56 Å². The highest BCUT2D eigenvalue weighted by Crippen LogP contribution is 2.41. The van der Waals surface area contributed by atoms with Crippen molar-refractivity contribution < 1.29 is 17.6 Å². The molecule has 0 N–H and O–H groups in total. The molecule has 5 heteroatoms. The van der Waals surface area contributed by atoms with Crippen molar-refractivity contribution >= 4 is 0 Å². The van der Waals surface area contributed by atoms with E-state index in [1.165, 1.54) is 12.1 Å². The average molecular weight is 261 g/mol. The maximum atomic E-state index is 12.8. The quantitative estimate of drug-likeness (QED) is 0.695. The van der Waals surface area contributed by atoms with Gasteiger partial charge in [0.2, 0.25) is 0 Å². The van der Waals surface area contributed by atoms with Crippen molar-refractivity contribution in [2.45, 2.75) is 25.1 Å². The molecule has 0 spiro atoms. The number of halogens is 4. The van der Waals surface area contributed by atoms with Gasteiger partial charge < -0.3 is 0 Å². The van der Waals surface area contributed by atoms with Crippen LogP contribution in [-0.4, -0.2) is 24.7 Å². The zero-order chi connectivity index (χ0) is 13.3. The fourth-order valence-electron chi connectivity index (χ4n) is 2.46. The van der Waals surface area contributed by atoms with Crippen molar-refractivity contribution in [1.29, 1.82) is 0 Å². The van der Waals surface area contributed by atoms with Crippen LogP contribution < -0.4 is 0 Å². The molecule has 1 aliphatic heterocycles. The van der Waals surface area contributed by atoms with E-state index in [0.29, 0.717) is 6.54 Å². The monoisotopic (exact) mass is 261 g/mol. The number of likely N-dealkylation sites (tertiary alicyclic amines) is 1. The van der Waals surface area contributed by atoms with Crippen LogP contribution >= 0.6 is 0 Å². The van der Waals surface area contributed by atoms with E-state index >= 15 is 0 Å². The Labute approximate surface area is 103 Å². The molecule has 1 saturated heterocycles. The lowest BCUT2D eigenvalue weighted by Crippen LogP contribution is -2.39. The summed E-state index contributed by atoms with van der Waals surface area (Å²) in [4.78, 5) is 1.90. The predicted molar refractivity (Wildman–Crippen MR) is 60.6 cm³/mol. The highest BCUT2D eigenvalue weighted by Gasteiger charge is 2.43. The Morgan fingerprint density at radius 3 is 2.33 bits per heavy atom. The van der Waals surface area contributed by atoms with Crippen LogP contribution in [-0.2, 0) is 0 Å². The number of piperidine rings is 1. The number of rotatable bonds is 1. The minimum atomic E-state index is -4.14. The summed E-state index contributed by atoms with van der Waals surface area (Å²) in [6.07, 6.45) is -3.96. The fraction of sp³-hybridized carbons (Fsp3) is 0.538. The first kappa shape index (κ1) is 13.3. The van der Waals surface area contributed by atoms with E-state index in [1.807, 2.05) is 4.90 Å². The molecule has 0 unspecified atom stereocenters. The van der Waals surface area contributed by atoms with Crippen LogP contribution in [0, 0.1) is 11.7 Å². The molecule has 1 aliphatic rings. The second kappa shape index (κ2) is 4.88. The molecule has 1 aromatic carbocycles. The summed E-state index contributed by atoms with van der Waals surface area (Å²) in [6, 6.07) is 5.43. The van der Waals surface area contributed by atoms with E-state index < -0.39 is 12.1 Å². The molecule has 2 atom stereocenters. The third-order valence-electron chi connectivity index (χ3n) is 3.59. The van der Waals surface area contributed by atoms with E-state index in [-0.39, 0.29) is 24.7 Å². The standard InChI is InChI=1S/C13H15F4N/c1-18-7-6-10(13(15,16)17)8-12(18)9-2-4-11(14)5-3-9/h2-5,10,12H,6-8H2,1H3/t10-,12+/m0/s1. The van der Waals surface area contributed by atoms with Gasteiger partial charge in [0, 0.05) is 6.04 Å². The zero-order valence-electron chi connectivity index (χ0n) is 10.0. The van der Waals surface area contributed by atoms with E-state index in [4.69, 9.17) is 0 Å². The molecule has 0 bridgehead atoms. The number of benzene rings is 1. The van der Waals surface area contributed by atoms with Crippen molar-refractivity contribution in [3.8, 4) is 0 Å².